The number of hydrogen-bond acceptors (Lipinski definition) is 2. The van der Waals surface area contributed by atoms with Gasteiger partial charge in [0.2, 0.25) is 5.91 Å². The minimum Gasteiger partial charge on any atom is -0.321 e. The number of carbonyl (C=O) groups excluding carboxylic acids is 2. The van der Waals surface area contributed by atoms with Crippen LogP contribution in [0.4, 0.5) is 4.79 Å². The van der Waals surface area contributed by atoms with Crippen LogP contribution >= 0.6 is 0 Å². The maximum absolute atomic E-state index is 11.7. The number of hydrogen-bond donors (Lipinski definition) is 1. The Balaban J connectivity index is 2.55. The van der Waals surface area contributed by atoms with Crippen molar-refractivity contribution in [3.8, 4) is 0 Å². The molecule has 1 aliphatic heterocycles. The molecule has 16 heavy (non-hydrogen) atoms. The Kier molecular flexibility index (Phi) is 5.29. The van der Waals surface area contributed by atoms with Gasteiger partial charge in [-0.25, -0.2) is 4.79 Å². The summed E-state index contributed by atoms with van der Waals surface area (Å²) in [5.74, 6) is -0.146. The highest BCUT2D eigenvalue weighted by atomic mass is 16.2. The van der Waals surface area contributed by atoms with E-state index in [9.17, 15) is 9.59 Å². The molecule has 0 aromatic heterocycles. The lowest BCUT2D eigenvalue weighted by atomic mass is 10.0. The molecule has 1 rings (SSSR count). The zero-order valence-corrected chi connectivity index (χ0v) is 10.3. The standard InChI is InChI=1S/C12H22N2O2/c1-3-5-7-10(6-4-2)14-9-8-11(15)13-12(14)16/h10H,3-9H2,1-2H3,(H,13,15,16). The van der Waals surface area contributed by atoms with Gasteiger partial charge < -0.3 is 4.90 Å². The molecule has 92 valence electrons. The average Bonchev–Trinajstić information content (AvgIpc) is 2.25. The van der Waals surface area contributed by atoms with Gasteiger partial charge >= 0.3 is 6.03 Å². The van der Waals surface area contributed by atoms with Gasteiger partial charge in [-0.1, -0.05) is 33.1 Å². The van der Waals surface area contributed by atoms with E-state index in [2.05, 4.69) is 19.2 Å². The van der Waals surface area contributed by atoms with Crippen molar-refractivity contribution in [2.75, 3.05) is 6.54 Å². The molecular formula is C12H22N2O2. The predicted molar refractivity (Wildman–Crippen MR) is 63.1 cm³/mol. The third kappa shape index (κ3) is 3.51. The third-order valence-electron chi connectivity index (χ3n) is 3.04. The van der Waals surface area contributed by atoms with E-state index < -0.39 is 0 Å². The topological polar surface area (TPSA) is 49.4 Å². The van der Waals surface area contributed by atoms with Gasteiger partial charge in [0, 0.05) is 19.0 Å². The first-order chi connectivity index (χ1) is 7.69. The lowest BCUT2D eigenvalue weighted by molar-refractivity contribution is -0.121. The Morgan fingerprint density at radius 2 is 2.00 bits per heavy atom. The van der Waals surface area contributed by atoms with Crippen LogP contribution in [-0.2, 0) is 4.79 Å². The number of imide groups is 1. The van der Waals surface area contributed by atoms with Crippen molar-refractivity contribution in [1.82, 2.24) is 10.2 Å². The van der Waals surface area contributed by atoms with Gasteiger partial charge in [0.25, 0.3) is 0 Å². The van der Waals surface area contributed by atoms with Crippen LogP contribution in [-0.4, -0.2) is 29.4 Å². The first-order valence-electron chi connectivity index (χ1n) is 6.29. The zero-order valence-electron chi connectivity index (χ0n) is 10.3. The summed E-state index contributed by atoms with van der Waals surface area (Å²) in [4.78, 5) is 24.6. The molecule has 0 radical (unpaired) electrons. The van der Waals surface area contributed by atoms with E-state index in [0.717, 1.165) is 32.1 Å². The summed E-state index contributed by atoms with van der Waals surface area (Å²) >= 11 is 0. The molecule has 3 amide bonds. The molecule has 0 aromatic rings. The highest BCUT2D eigenvalue weighted by Gasteiger charge is 2.28. The SMILES string of the molecule is CCCCC(CCC)N1CCC(=O)NC1=O. The monoisotopic (exact) mass is 226 g/mol. The quantitative estimate of drug-likeness (QED) is 0.755. The fraction of sp³-hybridized carbons (Fsp3) is 0.833. The van der Waals surface area contributed by atoms with Crippen LogP contribution in [0, 0.1) is 0 Å². The molecule has 0 bridgehead atoms. The summed E-state index contributed by atoms with van der Waals surface area (Å²) in [6, 6.07) is 0.101. The highest BCUT2D eigenvalue weighted by Crippen LogP contribution is 2.17. The number of urea groups is 1. The fourth-order valence-electron chi connectivity index (χ4n) is 2.15. The van der Waals surface area contributed by atoms with Gasteiger partial charge in [0.15, 0.2) is 0 Å². The molecule has 1 heterocycles. The second-order valence-electron chi connectivity index (χ2n) is 4.38. The maximum Gasteiger partial charge on any atom is 0.324 e. The van der Waals surface area contributed by atoms with Crippen LogP contribution in [0.25, 0.3) is 0 Å². The summed E-state index contributed by atoms with van der Waals surface area (Å²) in [5, 5.41) is 2.39. The van der Waals surface area contributed by atoms with E-state index in [-0.39, 0.29) is 11.9 Å². The van der Waals surface area contributed by atoms with E-state index in [1.54, 1.807) is 0 Å². The zero-order chi connectivity index (χ0) is 12.0. The summed E-state index contributed by atoms with van der Waals surface area (Å²) in [5.41, 5.74) is 0. The van der Waals surface area contributed by atoms with Crippen LogP contribution < -0.4 is 5.32 Å². The summed E-state index contributed by atoms with van der Waals surface area (Å²) in [7, 11) is 0. The minimum absolute atomic E-state index is 0.146. The molecule has 0 spiro atoms. The normalized spacial score (nSPS) is 18.5. The van der Waals surface area contributed by atoms with Crippen molar-refractivity contribution in [3.05, 3.63) is 0 Å². The maximum atomic E-state index is 11.7. The molecule has 1 atom stereocenters. The fourth-order valence-corrected chi connectivity index (χ4v) is 2.15. The molecule has 1 saturated heterocycles. The summed E-state index contributed by atoms with van der Waals surface area (Å²) in [6.45, 7) is 4.87. The van der Waals surface area contributed by atoms with Crippen LogP contribution in [0.5, 0.6) is 0 Å². The van der Waals surface area contributed by atoms with E-state index in [0.29, 0.717) is 19.0 Å². The lowest BCUT2D eigenvalue weighted by Crippen LogP contribution is -2.53. The van der Waals surface area contributed by atoms with Crippen molar-refractivity contribution >= 4 is 11.9 Å². The van der Waals surface area contributed by atoms with Crippen LogP contribution in [0.1, 0.15) is 52.4 Å². The Bertz CT molecular complexity index is 253. The molecule has 4 nitrogen and oxygen atoms in total. The lowest BCUT2D eigenvalue weighted by Gasteiger charge is -2.34. The van der Waals surface area contributed by atoms with E-state index in [1.807, 2.05) is 4.90 Å². The molecule has 0 aromatic carbocycles. The number of amides is 3. The summed E-state index contributed by atoms with van der Waals surface area (Å²) < 4.78 is 0. The predicted octanol–water partition coefficient (Wildman–Crippen LogP) is 2.29. The Morgan fingerprint density at radius 3 is 2.56 bits per heavy atom. The largest absolute Gasteiger partial charge is 0.324 e. The molecule has 1 fully saturated rings. The van der Waals surface area contributed by atoms with E-state index in [1.165, 1.54) is 0 Å². The number of nitrogens with zero attached hydrogens (tertiary/aromatic N) is 1. The van der Waals surface area contributed by atoms with Gasteiger partial charge in [0.1, 0.15) is 0 Å². The molecule has 0 aliphatic carbocycles. The minimum atomic E-state index is -0.203. The van der Waals surface area contributed by atoms with Crippen molar-refractivity contribution in [2.24, 2.45) is 0 Å². The number of unbranched alkanes of at least 4 members (excludes halogenated alkanes) is 1. The van der Waals surface area contributed by atoms with Crippen LogP contribution in [0.3, 0.4) is 0 Å². The number of carbonyl (C=O) groups is 2. The van der Waals surface area contributed by atoms with Crippen LogP contribution in [0.15, 0.2) is 0 Å². The van der Waals surface area contributed by atoms with Crippen molar-refractivity contribution in [2.45, 2.75) is 58.4 Å². The number of nitrogens with one attached hydrogen (secondary N) is 1. The number of rotatable bonds is 6. The van der Waals surface area contributed by atoms with Crippen molar-refractivity contribution in [1.29, 1.82) is 0 Å². The molecule has 4 heteroatoms. The molecule has 0 saturated carbocycles. The van der Waals surface area contributed by atoms with E-state index >= 15 is 0 Å². The first-order valence-corrected chi connectivity index (χ1v) is 6.29. The Labute approximate surface area is 97.4 Å². The average molecular weight is 226 g/mol. The summed E-state index contributed by atoms with van der Waals surface area (Å²) in [6.07, 6.45) is 5.88. The third-order valence-corrected chi connectivity index (χ3v) is 3.04. The van der Waals surface area contributed by atoms with E-state index in [4.69, 9.17) is 0 Å². The van der Waals surface area contributed by atoms with Gasteiger partial charge in [-0.3, -0.25) is 10.1 Å². The highest BCUT2D eigenvalue weighted by molar-refractivity contribution is 5.96. The van der Waals surface area contributed by atoms with Crippen molar-refractivity contribution < 1.29 is 9.59 Å². The first kappa shape index (κ1) is 13.0. The van der Waals surface area contributed by atoms with Crippen LogP contribution in [0.2, 0.25) is 0 Å². The molecular weight excluding hydrogens is 204 g/mol. The van der Waals surface area contributed by atoms with Gasteiger partial charge in [0.05, 0.1) is 0 Å². The second kappa shape index (κ2) is 6.51. The smallest absolute Gasteiger partial charge is 0.321 e. The van der Waals surface area contributed by atoms with Gasteiger partial charge in [-0.2, -0.15) is 0 Å². The van der Waals surface area contributed by atoms with Gasteiger partial charge in [-0.15, -0.1) is 0 Å². The Hall–Kier alpha value is -1.06. The molecule has 1 aliphatic rings. The molecule has 1 unspecified atom stereocenters. The van der Waals surface area contributed by atoms with Gasteiger partial charge in [-0.05, 0) is 12.8 Å². The second-order valence-corrected chi connectivity index (χ2v) is 4.38. The Morgan fingerprint density at radius 1 is 1.25 bits per heavy atom. The molecule has 1 N–H and O–H groups in total. The van der Waals surface area contributed by atoms with Crippen molar-refractivity contribution in [3.63, 3.8) is 0 Å².